The molecule has 1 heterocycles. The van der Waals surface area contributed by atoms with Crippen LogP contribution >= 0.6 is 0 Å². The van der Waals surface area contributed by atoms with Crippen molar-refractivity contribution in [1.82, 2.24) is 10.3 Å². The van der Waals surface area contributed by atoms with E-state index in [1.807, 2.05) is 13.8 Å². The topological polar surface area (TPSA) is 116 Å². The molecular formula is C19H26N2O5. The molecule has 0 aromatic carbocycles. The van der Waals surface area contributed by atoms with Crippen LogP contribution in [0.3, 0.4) is 0 Å². The van der Waals surface area contributed by atoms with Crippen LogP contribution < -0.4 is 10.9 Å². The van der Waals surface area contributed by atoms with Gasteiger partial charge in [-0.15, -0.1) is 0 Å². The molecular weight excluding hydrogens is 336 g/mol. The lowest BCUT2D eigenvalue weighted by Gasteiger charge is -2.33. The third-order valence-electron chi connectivity index (χ3n) is 5.15. The summed E-state index contributed by atoms with van der Waals surface area (Å²) < 4.78 is 0. The van der Waals surface area contributed by atoms with E-state index in [-0.39, 0.29) is 29.1 Å². The molecule has 2 rings (SSSR count). The summed E-state index contributed by atoms with van der Waals surface area (Å²) in [5, 5.41) is 11.8. The van der Waals surface area contributed by atoms with E-state index in [1.54, 1.807) is 20.8 Å². The molecule has 7 nitrogen and oxygen atoms in total. The van der Waals surface area contributed by atoms with Gasteiger partial charge in [-0.1, -0.05) is 27.7 Å². The Morgan fingerprint density at radius 2 is 1.92 bits per heavy atom. The minimum absolute atomic E-state index is 0.112. The number of rotatable bonds is 5. The number of pyridine rings is 1. The van der Waals surface area contributed by atoms with Crippen LogP contribution in [0, 0.1) is 11.3 Å². The van der Waals surface area contributed by atoms with Gasteiger partial charge in [0.05, 0.1) is 12.0 Å². The summed E-state index contributed by atoms with van der Waals surface area (Å²) in [6, 6.07) is 1.34. The van der Waals surface area contributed by atoms with Crippen molar-refractivity contribution in [2.24, 2.45) is 11.3 Å². The maximum absolute atomic E-state index is 12.7. The Morgan fingerprint density at radius 1 is 1.31 bits per heavy atom. The first kappa shape index (κ1) is 19.9. The number of Topliss-reactive ketones (excluding diaryl/α,β-unsaturated/α-hetero) is 1. The number of H-pyrrole nitrogens is 1. The number of fused-ring (bicyclic) bond motifs is 1. The van der Waals surface area contributed by atoms with Gasteiger partial charge in [-0.05, 0) is 30.7 Å². The molecule has 142 valence electrons. The predicted molar refractivity (Wildman–Crippen MR) is 96.5 cm³/mol. The first-order valence-corrected chi connectivity index (χ1v) is 8.68. The highest BCUT2D eigenvalue weighted by Gasteiger charge is 2.36. The molecule has 1 aromatic rings. The lowest BCUT2D eigenvalue weighted by molar-refractivity contribution is -0.138. The third-order valence-corrected chi connectivity index (χ3v) is 5.15. The van der Waals surface area contributed by atoms with Gasteiger partial charge < -0.3 is 15.4 Å². The molecule has 0 saturated heterocycles. The second-order valence-corrected chi connectivity index (χ2v) is 8.44. The lowest BCUT2D eigenvalue weighted by Crippen LogP contribution is -2.52. The Morgan fingerprint density at radius 3 is 2.46 bits per heavy atom. The monoisotopic (exact) mass is 362 g/mol. The van der Waals surface area contributed by atoms with Crippen molar-refractivity contribution in [3.8, 4) is 0 Å². The van der Waals surface area contributed by atoms with Gasteiger partial charge in [0, 0.05) is 17.7 Å². The average molecular weight is 362 g/mol. The zero-order chi connectivity index (χ0) is 19.9. The molecule has 1 aromatic heterocycles. The van der Waals surface area contributed by atoms with Gasteiger partial charge >= 0.3 is 5.97 Å². The maximum Gasteiger partial charge on any atom is 0.305 e. The Kier molecular flexibility index (Phi) is 5.12. The van der Waals surface area contributed by atoms with Gasteiger partial charge in [0.2, 0.25) is 0 Å². The van der Waals surface area contributed by atoms with Crippen molar-refractivity contribution in [3.05, 3.63) is 33.2 Å². The summed E-state index contributed by atoms with van der Waals surface area (Å²) in [5.74, 6) is -2.00. The van der Waals surface area contributed by atoms with Crippen LogP contribution in [0.25, 0.3) is 0 Å². The number of hydrogen-bond donors (Lipinski definition) is 3. The van der Waals surface area contributed by atoms with Gasteiger partial charge in [-0.25, -0.2) is 0 Å². The predicted octanol–water partition coefficient (Wildman–Crippen LogP) is 2.15. The lowest BCUT2D eigenvalue weighted by atomic mass is 9.75. The molecule has 1 amide bonds. The number of carbonyl (C=O) groups is 3. The van der Waals surface area contributed by atoms with Crippen molar-refractivity contribution >= 4 is 17.7 Å². The Hall–Kier alpha value is -2.44. The van der Waals surface area contributed by atoms with Gasteiger partial charge in [0.25, 0.3) is 11.5 Å². The number of nitrogens with one attached hydrogen (secondary N) is 2. The number of amides is 1. The molecule has 0 radical (unpaired) electrons. The summed E-state index contributed by atoms with van der Waals surface area (Å²) in [4.78, 5) is 51.2. The largest absolute Gasteiger partial charge is 0.481 e. The molecule has 0 aliphatic heterocycles. The van der Waals surface area contributed by atoms with Gasteiger partial charge in [-0.3, -0.25) is 19.2 Å². The summed E-state index contributed by atoms with van der Waals surface area (Å²) in [7, 11) is 0. The smallest absolute Gasteiger partial charge is 0.305 e. The van der Waals surface area contributed by atoms with E-state index in [0.717, 1.165) is 0 Å². The van der Waals surface area contributed by atoms with E-state index < -0.39 is 23.0 Å². The van der Waals surface area contributed by atoms with Crippen LogP contribution in [-0.2, 0) is 11.2 Å². The number of aromatic nitrogens is 1. The molecule has 26 heavy (non-hydrogen) atoms. The summed E-state index contributed by atoms with van der Waals surface area (Å²) >= 11 is 0. The van der Waals surface area contributed by atoms with Crippen molar-refractivity contribution in [2.75, 3.05) is 0 Å². The van der Waals surface area contributed by atoms with Crippen LogP contribution in [-0.4, -0.2) is 33.3 Å². The number of carbonyl (C=O) groups excluding carboxylic acids is 2. The normalized spacial score (nSPS) is 18.2. The standard InChI is InChI=1S/C19H26N2O5/c1-10(2)19(5,9-15(23)24)21-17(26)12-6-11-13(20-16(12)25)7-18(3,4)8-14(11)22/h6,10H,7-9H2,1-5H3,(H,20,25)(H,21,26)(H,23,24). The van der Waals surface area contributed by atoms with Crippen LogP contribution in [0.1, 0.15) is 73.9 Å². The SMILES string of the molecule is CC(C)C(C)(CC(=O)O)NC(=O)c1cc2c([nH]c1=O)CC(C)(C)CC2=O. The van der Waals surface area contributed by atoms with Gasteiger partial charge in [0.15, 0.2) is 5.78 Å². The van der Waals surface area contributed by atoms with E-state index in [1.165, 1.54) is 6.07 Å². The van der Waals surface area contributed by atoms with E-state index in [2.05, 4.69) is 10.3 Å². The minimum Gasteiger partial charge on any atom is -0.481 e. The zero-order valence-corrected chi connectivity index (χ0v) is 15.9. The van der Waals surface area contributed by atoms with E-state index >= 15 is 0 Å². The first-order chi connectivity index (χ1) is 11.8. The highest BCUT2D eigenvalue weighted by atomic mass is 16.4. The number of carboxylic acids is 1. The molecule has 1 unspecified atom stereocenters. The molecule has 0 bridgehead atoms. The Balaban J connectivity index is 2.39. The Labute approximate surface area is 152 Å². The van der Waals surface area contributed by atoms with E-state index in [0.29, 0.717) is 24.1 Å². The van der Waals surface area contributed by atoms with Crippen LogP contribution in [0.15, 0.2) is 10.9 Å². The number of aromatic amines is 1. The quantitative estimate of drug-likeness (QED) is 0.742. The van der Waals surface area contributed by atoms with Crippen molar-refractivity contribution < 1.29 is 19.5 Å². The van der Waals surface area contributed by atoms with Crippen LogP contribution in [0.4, 0.5) is 0 Å². The molecule has 0 fully saturated rings. The number of carboxylic acid groups (broad SMARTS) is 1. The molecule has 3 N–H and O–H groups in total. The summed E-state index contributed by atoms with van der Waals surface area (Å²) in [6.45, 7) is 9.13. The second kappa shape index (κ2) is 6.70. The minimum atomic E-state index is -1.04. The Bertz CT molecular complexity index is 822. The van der Waals surface area contributed by atoms with Crippen molar-refractivity contribution in [3.63, 3.8) is 0 Å². The maximum atomic E-state index is 12.7. The van der Waals surface area contributed by atoms with Crippen LogP contribution in [0.5, 0.6) is 0 Å². The average Bonchev–Trinajstić information content (AvgIpc) is 2.43. The first-order valence-electron chi connectivity index (χ1n) is 8.68. The summed E-state index contributed by atoms with van der Waals surface area (Å²) in [6.07, 6.45) is 0.621. The number of aliphatic carboxylic acids is 1. The molecule has 1 aliphatic carbocycles. The molecule has 1 aliphatic rings. The fourth-order valence-electron chi connectivity index (χ4n) is 3.23. The van der Waals surface area contributed by atoms with Crippen molar-refractivity contribution in [2.45, 2.75) is 59.4 Å². The van der Waals surface area contributed by atoms with Crippen LogP contribution in [0.2, 0.25) is 0 Å². The molecule has 1 atom stereocenters. The molecule has 0 saturated carbocycles. The van der Waals surface area contributed by atoms with Gasteiger partial charge in [0.1, 0.15) is 5.56 Å². The number of ketones is 1. The highest BCUT2D eigenvalue weighted by Crippen LogP contribution is 2.33. The van der Waals surface area contributed by atoms with E-state index in [9.17, 15) is 19.2 Å². The second-order valence-electron chi connectivity index (χ2n) is 8.44. The number of hydrogen-bond acceptors (Lipinski definition) is 4. The van der Waals surface area contributed by atoms with Crippen molar-refractivity contribution in [1.29, 1.82) is 0 Å². The fourth-order valence-corrected chi connectivity index (χ4v) is 3.23. The summed E-state index contributed by atoms with van der Waals surface area (Å²) in [5.41, 5.74) is -1.10. The van der Waals surface area contributed by atoms with Gasteiger partial charge in [-0.2, -0.15) is 0 Å². The molecule has 0 spiro atoms. The fraction of sp³-hybridized carbons (Fsp3) is 0.579. The third kappa shape index (κ3) is 4.03. The highest BCUT2D eigenvalue weighted by molar-refractivity contribution is 6.02. The zero-order valence-electron chi connectivity index (χ0n) is 15.9. The molecule has 7 heteroatoms. The van der Waals surface area contributed by atoms with E-state index in [4.69, 9.17) is 5.11 Å².